The Hall–Kier alpha value is -1.26. The van der Waals surface area contributed by atoms with E-state index in [4.69, 9.17) is 4.74 Å². The van der Waals surface area contributed by atoms with Gasteiger partial charge in [-0.25, -0.2) is 0 Å². The van der Waals surface area contributed by atoms with Crippen LogP contribution in [-0.4, -0.2) is 44.1 Å². The smallest absolute Gasteiger partial charge is 0.226 e. The molecule has 1 aromatic carbocycles. The van der Waals surface area contributed by atoms with Gasteiger partial charge in [-0.1, -0.05) is 18.2 Å². The van der Waals surface area contributed by atoms with Gasteiger partial charge in [0.2, 0.25) is 5.91 Å². The summed E-state index contributed by atoms with van der Waals surface area (Å²) in [4.78, 5) is 14.3. The molecule has 1 amide bonds. The Morgan fingerprint density at radius 2 is 2.00 bits per heavy atom. The maximum Gasteiger partial charge on any atom is 0.226 e. The van der Waals surface area contributed by atoms with Crippen LogP contribution in [0.3, 0.4) is 0 Å². The quantitative estimate of drug-likeness (QED) is 0.904. The van der Waals surface area contributed by atoms with Gasteiger partial charge in [0.15, 0.2) is 0 Å². The molecule has 1 atom stereocenters. The zero-order valence-electron chi connectivity index (χ0n) is 13.1. The lowest BCUT2D eigenvalue weighted by Gasteiger charge is -2.25. The molecule has 1 saturated heterocycles. The lowest BCUT2D eigenvalue weighted by atomic mass is 9.91. The zero-order chi connectivity index (χ0) is 14.7. The first-order valence-electron chi connectivity index (χ1n) is 7.85. The summed E-state index contributed by atoms with van der Waals surface area (Å²) in [6, 6.07) is 9.75. The molecule has 3 rings (SSSR count). The van der Waals surface area contributed by atoms with Gasteiger partial charge in [0, 0.05) is 13.0 Å². The van der Waals surface area contributed by atoms with E-state index in [-0.39, 0.29) is 18.3 Å². The van der Waals surface area contributed by atoms with E-state index in [1.54, 1.807) is 0 Å². The molecular weight excluding hydrogens is 300 g/mol. The molecule has 1 aliphatic heterocycles. The molecule has 122 valence electrons. The molecule has 1 aromatic rings. The molecule has 1 spiro atoms. The highest BCUT2D eigenvalue weighted by atomic mass is 35.5. The van der Waals surface area contributed by atoms with E-state index in [2.05, 4.69) is 5.32 Å². The average Bonchev–Trinajstić information content (AvgIpc) is 3.21. The number of carbonyl (C=O) groups is 1. The third kappa shape index (κ3) is 3.73. The lowest BCUT2D eigenvalue weighted by molar-refractivity contribution is -0.132. The fourth-order valence-corrected chi connectivity index (χ4v) is 3.37. The Morgan fingerprint density at radius 1 is 1.32 bits per heavy atom. The van der Waals surface area contributed by atoms with Crippen LogP contribution in [0.4, 0.5) is 0 Å². The SMILES string of the molecule is CN(CCOc1ccccc1)C(=O)C1CC12CCNCC2.Cl. The molecule has 0 aromatic heterocycles. The van der Waals surface area contributed by atoms with Crippen molar-refractivity contribution in [3.05, 3.63) is 30.3 Å². The minimum atomic E-state index is 0. The fraction of sp³-hybridized carbons (Fsp3) is 0.588. The Morgan fingerprint density at radius 3 is 2.68 bits per heavy atom. The molecule has 1 saturated carbocycles. The molecule has 1 heterocycles. The maximum atomic E-state index is 12.5. The first-order valence-corrected chi connectivity index (χ1v) is 7.85. The largest absolute Gasteiger partial charge is 0.492 e. The second kappa shape index (κ2) is 7.34. The second-order valence-electron chi connectivity index (χ2n) is 6.29. The van der Waals surface area contributed by atoms with Gasteiger partial charge in [0.25, 0.3) is 0 Å². The van der Waals surface area contributed by atoms with Crippen molar-refractivity contribution < 1.29 is 9.53 Å². The highest BCUT2D eigenvalue weighted by Gasteiger charge is 2.58. The summed E-state index contributed by atoms with van der Waals surface area (Å²) in [6.07, 6.45) is 3.38. The van der Waals surface area contributed by atoms with E-state index in [9.17, 15) is 4.79 Å². The summed E-state index contributed by atoms with van der Waals surface area (Å²) in [5.74, 6) is 1.41. The fourth-order valence-electron chi connectivity index (χ4n) is 3.37. The van der Waals surface area contributed by atoms with Crippen molar-refractivity contribution in [1.82, 2.24) is 10.2 Å². The first-order chi connectivity index (χ1) is 10.2. The van der Waals surface area contributed by atoms with Crippen LogP contribution in [0.1, 0.15) is 19.3 Å². The predicted octanol–water partition coefficient (Wildman–Crippen LogP) is 2.34. The van der Waals surface area contributed by atoms with E-state index in [1.807, 2.05) is 42.3 Å². The van der Waals surface area contributed by atoms with Crippen molar-refractivity contribution in [2.75, 3.05) is 33.3 Å². The van der Waals surface area contributed by atoms with Gasteiger partial charge in [0.05, 0.1) is 6.54 Å². The van der Waals surface area contributed by atoms with Gasteiger partial charge in [-0.2, -0.15) is 0 Å². The van der Waals surface area contributed by atoms with Gasteiger partial charge in [-0.3, -0.25) is 4.79 Å². The van der Waals surface area contributed by atoms with Crippen LogP contribution in [-0.2, 0) is 4.79 Å². The van der Waals surface area contributed by atoms with Gasteiger partial charge in [-0.05, 0) is 49.9 Å². The summed E-state index contributed by atoms with van der Waals surface area (Å²) in [5.41, 5.74) is 0.316. The van der Waals surface area contributed by atoms with Crippen LogP contribution in [0.2, 0.25) is 0 Å². The number of ether oxygens (including phenoxy) is 1. The number of para-hydroxylation sites is 1. The molecule has 0 bridgehead atoms. The highest BCUT2D eigenvalue weighted by Crippen LogP contribution is 2.59. The molecular formula is C17H25ClN2O2. The predicted molar refractivity (Wildman–Crippen MR) is 89.5 cm³/mol. The number of hydrogen-bond acceptors (Lipinski definition) is 3. The van der Waals surface area contributed by atoms with Crippen LogP contribution >= 0.6 is 12.4 Å². The normalized spacial score (nSPS) is 21.8. The van der Waals surface area contributed by atoms with Gasteiger partial charge >= 0.3 is 0 Å². The van der Waals surface area contributed by atoms with Crippen molar-refractivity contribution in [3.8, 4) is 5.75 Å². The van der Waals surface area contributed by atoms with E-state index in [0.717, 1.165) is 38.1 Å². The van der Waals surface area contributed by atoms with Crippen molar-refractivity contribution in [3.63, 3.8) is 0 Å². The van der Waals surface area contributed by atoms with E-state index >= 15 is 0 Å². The number of halogens is 1. The van der Waals surface area contributed by atoms with E-state index in [1.165, 1.54) is 0 Å². The standard InChI is InChI=1S/C17H24N2O2.ClH/c1-19(11-12-21-14-5-3-2-4-6-14)16(20)15-13-17(15)7-9-18-10-8-17;/h2-6,15,18H,7-13H2,1H3;1H. The number of nitrogens with one attached hydrogen (secondary N) is 1. The van der Waals surface area contributed by atoms with Crippen molar-refractivity contribution in [2.24, 2.45) is 11.3 Å². The Bertz CT molecular complexity index is 489. The Labute approximate surface area is 138 Å². The number of hydrogen-bond donors (Lipinski definition) is 1. The molecule has 0 radical (unpaired) electrons. The van der Waals surface area contributed by atoms with Crippen molar-refractivity contribution >= 4 is 18.3 Å². The Balaban J connectivity index is 0.00000176. The number of benzene rings is 1. The molecule has 5 heteroatoms. The second-order valence-corrected chi connectivity index (χ2v) is 6.29. The van der Waals surface area contributed by atoms with E-state index in [0.29, 0.717) is 24.5 Å². The molecule has 1 aliphatic carbocycles. The zero-order valence-corrected chi connectivity index (χ0v) is 13.9. The van der Waals surface area contributed by atoms with Crippen LogP contribution in [0.25, 0.3) is 0 Å². The van der Waals surface area contributed by atoms with Crippen molar-refractivity contribution in [2.45, 2.75) is 19.3 Å². The lowest BCUT2D eigenvalue weighted by Crippen LogP contribution is -2.36. The third-order valence-corrected chi connectivity index (χ3v) is 4.90. The topological polar surface area (TPSA) is 41.6 Å². The highest BCUT2D eigenvalue weighted by molar-refractivity contribution is 5.85. The molecule has 2 aliphatic rings. The molecule has 2 fully saturated rings. The summed E-state index contributed by atoms with van der Waals surface area (Å²) in [5, 5.41) is 3.38. The summed E-state index contributed by atoms with van der Waals surface area (Å²) in [6.45, 7) is 3.32. The Kier molecular flexibility index (Phi) is 5.70. The number of amides is 1. The minimum absolute atomic E-state index is 0. The number of carbonyl (C=O) groups excluding carboxylic acids is 1. The molecule has 1 N–H and O–H groups in total. The third-order valence-electron chi connectivity index (χ3n) is 4.90. The van der Waals surface area contributed by atoms with Gasteiger partial charge in [0.1, 0.15) is 12.4 Å². The number of likely N-dealkylation sites (N-methyl/N-ethyl adjacent to an activating group) is 1. The monoisotopic (exact) mass is 324 g/mol. The summed E-state index contributed by atoms with van der Waals surface area (Å²) < 4.78 is 5.66. The summed E-state index contributed by atoms with van der Waals surface area (Å²) in [7, 11) is 1.89. The minimum Gasteiger partial charge on any atom is -0.492 e. The van der Waals surface area contributed by atoms with Crippen LogP contribution in [0.15, 0.2) is 30.3 Å². The van der Waals surface area contributed by atoms with Crippen LogP contribution in [0.5, 0.6) is 5.75 Å². The first kappa shape index (κ1) is 17.1. The summed E-state index contributed by atoms with van der Waals surface area (Å²) >= 11 is 0. The number of nitrogens with zero attached hydrogens (tertiary/aromatic N) is 1. The van der Waals surface area contributed by atoms with E-state index < -0.39 is 0 Å². The number of piperidine rings is 1. The number of rotatable bonds is 5. The molecule has 1 unspecified atom stereocenters. The van der Waals surface area contributed by atoms with Crippen LogP contribution in [0, 0.1) is 11.3 Å². The van der Waals surface area contributed by atoms with Crippen molar-refractivity contribution in [1.29, 1.82) is 0 Å². The van der Waals surface area contributed by atoms with Crippen LogP contribution < -0.4 is 10.1 Å². The average molecular weight is 325 g/mol. The van der Waals surface area contributed by atoms with Gasteiger partial charge in [-0.15, -0.1) is 12.4 Å². The van der Waals surface area contributed by atoms with Gasteiger partial charge < -0.3 is 15.0 Å². The maximum absolute atomic E-state index is 12.5. The molecule has 22 heavy (non-hydrogen) atoms. The molecule has 4 nitrogen and oxygen atoms in total.